The lowest BCUT2D eigenvalue weighted by Crippen LogP contribution is -2.25. The minimum atomic E-state index is -0.513. The van der Waals surface area contributed by atoms with Crippen LogP contribution >= 0.6 is 0 Å². The molecule has 3 rings (SSSR count). The van der Waals surface area contributed by atoms with Gasteiger partial charge in [0.05, 0.1) is 10.6 Å². The van der Waals surface area contributed by atoms with Crippen molar-refractivity contribution in [2.45, 2.75) is 13.8 Å². The molecule has 1 amide bonds. The molecule has 0 unspecified atom stereocenters. The van der Waals surface area contributed by atoms with Gasteiger partial charge < -0.3 is 9.15 Å². The lowest BCUT2D eigenvalue weighted by atomic mass is 10.1. The van der Waals surface area contributed by atoms with Crippen LogP contribution in [0.3, 0.4) is 0 Å². The van der Waals surface area contributed by atoms with E-state index in [0.717, 1.165) is 10.9 Å². The van der Waals surface area contributed by atoms with E-state index in [4.69, 9.17) is 9.15 Å². The van der Waals surface area contributed by atoms with Crippen LogP contribution < -0.4 is 15.8 Å². The number of aryl methyl sites for hydroxylation is 1. The summed E-state index contributed by atoms with van der Waals surface area (Å²) in [5, 5.41) is 15.5. The molecule has 9 heteroatoms. The van der Waals surface area contributed by atoms with Crippen LogP contribution in [-0.4, -0.2) is 23.1 Å². The summed E-state index contributed by atoms with van der Waals surface area (Å²) in [5.74, 6) is -0.152. The number of hydrogen-bond donors (Lipinski definition) is 1. The van der Waals surface area contributed by atoms with Gasteiger partial charge in [-0.2, -0.15) is 5.10 Å². The van der Waals surface area contributed by atoms with E-state index < -0.39 is 16.5 Å². The summed E-state index contributed by atoms with van der Waals surface area (Å²) in [4.78, 5) is 33.8. The van der Waals surface area contributed by atoms with Crippen LogP contribution in [-0.2, 0) is 4.79 Å². The standard InChI is InChI=1S/C20H17N3O6/c1-12-8-20(25)29-18-10-16(6-7-17(12)18)28-11-19(24)22-21-13(2)14-4-3-5-15(9-14)23(26)27/h3-10H,11H2,1-2H3,(H,22,24)/b21-13-. The molecule has 0 atom stereocenters. The average molecular weight is 395 g/mol. The van der Waals surface area contributed by atoms with E-state index in [1.807, 2.05) is 0 Å². The predicted molar refractivity (Wildman–Crippen MR) is 106 cm³/mol. The average Bonchev–Trinajstić information content (AvgIpc) is 2.70. The number of amides is 1. The molecule has 9 nitrogen and oxygen atoms in total. The first-order valence-corrected chi connectivity index (χ1v) is 8.59. The van der Waals surface area contributed by atoms with E-state index in [-0.39, 0.29) is 12.3 Å². The molecule has 0 bridgehead atoms. The van der Waals surface area contributed by atoms with Crippen molar-refractivity contribution in [2.24, 2.45) is 5.10 Å². The number of fused-ring (bicyclic) bond motifs is 1. The van der Waals surface area contributed by atoms with Gasteiger partial charge in [0.2, 0.25) is 0 Å². The molecule has 1 aromatic heterocycles. The van der Waals surface area contributed by atoms with Crippen LogP contribution in [0.15, 0.2) is 62.8 Å². The number of nitro groups is 1. The summed E-state index contributed by atoms with van der Waals surface area (Å²) in [6.45, 7) is 3.11. The molecule has 0 aliphatic heterocycles. The molecule has 0 radical (unpaired) electrons. The molecule has 2 aromatic carbocycles. The largest absolute Gasteiger partial charge is 0.484 e. The lowest BCUT2D eigenvalue weighted by molar-refractivity contribution is -0.384. The maximum atomic E-state index is 12.0. The molecular formula is C20H17N3O6. The normalized spacial score (nSPS) is 11.3. The van der Waals surface area contributed by atoms with Crippen LogP contribution in [0, 0.1) is 17.0 Å². The van der Waals surface area contributed by atoms with E-state index >= 15 is 0 Å². The van der Waals surface area contributed by atoms with Gasteiger partial charge in [0.25, 0.3) is 11.6 Å². The Balaban J connectivity index is 1.63. The van der Waals surface area contributed by atoms with Crippen molar-refractivity contribution in [3.05, 3.63) is 80.2 Å². The molecule has 148 valence electrons. The number of carbonyl (C=O) groups is 1. The smallest absolute Gasteiger partial charge is 0.336 e. The number of nitrogens with one attached hydrogen (secondary N) is 1. The van der Waals surface area contributed by atoms with Gasteiger partial charge in [-0.25, -0.2) is 10.2 Å². The Morgan fingerprint density at radius 3 is 2.79 bits per heavy atom. The van der Waals surface area contributed by atoms with Gasteiger partial charge in [-0.15, -0.1) is 0 Å². The molecule has 0 fully saturated rings. The van der Waals surface area contributed by atoms with Gasteiger partial charge in [-0.05, 0) is 31.5 Å². The summed E-state index contributed by atoms with van der Waals surface area (Å²) >= 11 is 0. The fourth-order valence-corrected chi connectivity index (χ4v) is 2.63. The van der Waals surface area contributed by atoms with Gasteiger partial charge in [-0.1, -0.05) is 12.1 Å². The molecule has 0 saturated heterocycles. The summed E-state index contributed by atoms with van der Waals surface area (Å²) < 4.78 is 10.6. The van der Waals surface area contributed by atoms with Crippen molar-refractivity contribution < 1.29 is 18.9 Å². The van der Waals surface area contributed by atoms with Crippen molar-refractivity contribution in [1.29, 1.82) is 0 Å². The number of hydrazone groups is 1. The minimum absolute atomic E-state index is 0.0649. The zero-order valence-electron chi connectivity index (χ0n) is 15.7. The van der Waals surface area contributed by atoms with E-state index in [1.54, 1.807) is 32.0 Å². The first-order valence-electron chi connectivity index (χ1n) is 8.59. The fourth-order valence-electron chi connectivity index (χ4n) is 2.63. The zero-order valence-corrected chi connectivity index (χ0v) is 15.7. The zero-order chi connectivity index (χ0) is 21.0. The number of benzene rings is 2. The van der Waals surface area contributed by atoms with Crippen LogP contribution in [0.4, 0.5) is 5.69 Å². The number of hydrogen-bond acceptors (Lipinski definition) is 7. The molecule has 1 N–H and O–H groups in total. The van der Waals surface area contributed by atoms with Gasteiger partial charge in [0, 0.05) is 35.2 Å². The number of nitrogens with zero attached hydrogens (tertiary/aromatic N) is 2. The van der Waals surface area contributed by atoms with Gasteiger partial charge in [0.15, 0.2) is 6.61 Å². The van der Waals surface area contributed by atoms with Crippen molar-refractivity contribution in [2.75, 3.05) is 6.61 Å². The highest BCUT2D eigenvalue weighted by atomic mass is 16.6. The third-order valence-corrected chi connectivity index (χ3v) is 4.12. The SMILES string of the molecule is C/C(=N/NC(=O)COc1ccc2c(C)cc(=O)oc2c1)c1cccc([N+](=O)[O-])c1. The van der Waals surface area contributed by atoms with Crippen molar-refractivity contribution >= 4 is 28.3 Å². The lowest BCUT2D eigenvalue weighted by Gasteiger charge is -2.07. The Kier molecular flexibility index (Phi) is 5.68. The summed E-state index contributed by atoms with van der Waals surface area (Å²) in [6.07, 6.45) is 0. The number of rotatable bonds is 6. The summed E-state index contributed by atoms with van der Waals surface area (Å²) in [6, 6.07) is 12.3. The first-order chi connectivity index (χ1) is 13.8. The Bertz CT molecular complexity index is 1180. The molecule has 29 heavy (non-hydrogen) atoms. The summed E-state index contributed by atoms with van der Waals surface area (Å²) in [5.41, 5.74) is 3.88. The second-order valence-corrected chi connectivity index (χ2v) is 6.23. The fraction of sp³-hybridized carbons (Fsp3) is 0.150. The van der Waals surface area contributed by atoms with Gasteiger partial charge in [-0.3, -0.25) is 14.9 Å². The van der Waals surface area contributed by atoms with Gasteiger partial charge in [0.1, 0.15) is 11.3 Å². The highest BCUT2D eigenvalue weighted by molar-refractivity contribution is 5.99. The Labute approximate surface area is 164 Å². The second-order valence-electron chi connectivity index (χ2n) is 6.23. The van der Waals surface area contributed by atoms with E-state index in [0.29, 0.717) is 22.6 Å². The monoisotopic (exact) mass is 395 g/mol. The molecular weight excluding hydrogens is 378 g/mol. The number of non-ortho nitro benzene ring substituents is 1. The third kappa shape index (κ3) is 4.83. The Hall–Kier alpha value is -4.01. The number of nitro benzene ring substituents is 1. The summed E-state index contributed by atoms with van der Waals surface area (Å²) in [7, 11) is 0. The molecule has 3 aromatic rings. The second kappa shape index (κ2) is 8.34. The molecule has 0 saturated carbocycles. The minimum Gasteiger partial charge on any atom is -0.484 e. The third-order valence-electron chi connectivity index (χ3n) is 4.12. The first kappa shape index (κ1) is 19.7. The van der Waals surface area contributed by atoms with Crippen LogP contribution in [0.25, 0.3) is 11.0 Å². The number of ether oxygens (including phenoxy) is 1. The van der Waals surface area contributed by atoms with Crippen molar-refractivity contribution in [1.82, 2.24) is 5.43 Å². The van der Waals surface area contributed by atoms with Crippen molar-refractivity contribution in [3.63, 3.8) is 0 Å². The Morgan fingerprint density at radius 2 is 2.03 bits per heavy atom. The number of carbonyl (C=O) groups excluding carboxylic acids is 1. The predicted octanol–water partition coefficient (Wildman–Crippen LogP) is 2.93. The quantitative estimate of drug-likeness (QED) is 0.296. The van der Waals surface area contributed by atoms with E-state index in [1.165, 1.54) is 30.3 Å². The highest BCUT2D eigenvalue weighted by Gasteiger charge is 2.09. The van der Waals surface area contributed by atoms with Gasteiger partial charge >= 0.3 is 5.63 Å². The molecule has 0 aliphatic carbocycles. The maximum Gasteiger partial charge on any atom is 0.336 e. The molecule has 0 spiro atoms. The van der Waals surface area contributed by atoms with Crippen LogP contribution in [0.5, 0.6) is 5.75 Å². The highest BCUT2D eigenvalue weighted by Crippen LogP contribution is 2.22. The molecule has 0 aliphatic rings. The van der Waals surface area contributed by atoms with E-state index in [9.17, 15) is 19.7 Å². The molecule has 1 heterocycles. The maximum absolute atomic E-state index is 12.0. The Morgan fingerprint density at radius 1 is 1.24 bits per heavy atom. The van der Waals surface area contributed by atoms with Crippen molar-refractivity contribution in [3.8, 4) is 5.75 Å². The van der Waals surface area contributed by atoms with Crippen LogP contribution in [0.2, 0.25) is 0 Å². The van der Waals surface area contributed by atoms with E-state index in [2.05, 4.69) is 10.5 Å². The topological polar surface area (TPSA) is 124 Å². The van der Waals surface area contributed by atoms with Crippen LogP contribution in [0.1, 0.15) is 18.1 Å².